The third-order valence-corrected chi connectivity index (χ3v) is 4.09. The summed E-state index contributed by atoms with van der Waals surface area (Å²) < 4.78 is 11.0. The third kappa shape index (κ3) is 7.12. The second kappa shape index (κ2) is 9.42. The van der Waals surface area contributed by atoms with Gasteiger partial charge in [0.2, 0.25) is 0 Å². The van der Waals surface area contributed by atoms with Gasteiger partial charge in [-0.2, -0.15) is 0 Å². The van der Waals surface area contributed by atoms with Crippen LogP contribution in [0, 0.1) is 0 Å². The van der Waals surface area contributed by atoms with Gasteiger partial charge < -0.3 is 19.3 Å². The van der Waals surface area contributed by atoms with Crippen LogP contribution in [0.15, 0.2) is 18.2 Å². The molecule has 0 aliphatic heterocycles. The molecule has 1 unspecified atom stereocenters. The number of ether oxygens (including phenoxy) is 2. The number of anilines is 2. The van der Waals surface area contributed by atoms with E-state index < -0.39 is 6.10 Å². The predicted molar refractivity (Wildman–Crippen MR) is 99.3 cm³/mol. The van der Waals surface area contributed by atoms with Crippen molar-refractivity contribution in [3.63, 3.8) is 0 Å². The minimum absolute atomic E-state index is 0.0170. The number of nitrogens with zero attached hydrogens (tertiary/aromatic N) is 2. The molecule has 0 aliphatic rings. The minimum atomic E-state index is -0.470. The Morgan fingerprint density at radius 1 is 1.04 bits per heavy atom. The zero-order valence-electron chi connectivity index (χ0n) is 15.2. The molecule has 1 atom stereocenters. The summed E-state index contributed by atoms with van der Waals surface area (Å²) >= 11 is 1.12. The first-order chi connectivity index (χ1) is 11.2. The molecule has 0 fully saturated rings. The number of carbonyl (C=O) groups excluding carboxylic acids is 2. The number of rotatable bonds is 8. The van der Waals surface area contributed by atoms with E-state index in [4.69, 9.17) is 9.47 Å². The molecule has 0 saturated heterocycles. The highest BCUT2D eigenvalue weighted by atomic mass is 32.2. The highest BCUT2D eigenvalue weighted by molar-refractivity contribution is 8.13. The van der Waals surface area contributed by atoms with Crippen molar-refractivity contribution in [2.24, 2.45) is 0 Å². The molecule has 6 nitrogen and oxygen atoms in total. The lowest BCUT2D eigenvalue weighted by molar-refractivity contribution is -0.146. The summed E-state index contributed by atoms with van der Waals surface area (Å²) in [6.07, 6.45) is -0.470. The number of hydrogen-bond donors (Lipinski definition) is 0. The van der Waals surface area contributed by atoms with Gasteiger partial charge in [0.25, 0.3) is 0 Å². The standard InChI is InChI=1S/C17H26N2O4S/c1-12(20)23-17(11-24-13(2)21)10-22-16-8-14(18(3)4)7-15(9-16)19(5)6/h7-9,17H,10-11H2,1-6H3. The van der Waals surface area contributed by atoms with Crippen molar-refractivity contribution in [2.45, 2.75) is 20.0 Å². The van der Waals surface area contributed by atoms with Gasteiger partial charge in [-0.15, -0.1) is 0 Å². The van der Waals surface area contributed by atoms with Crippen LogP contribution in [0.25, 0.3) is 0 Å². The third-order valence-electron chi connectivity index (χ3n) is 3.15. The molecule has 0 heterocycles. The summed E-state index contributed by atoms with van der Waals surface area (Å²) in [4.78, 5) is 26.3. The summed E-state index contributed by atoms with van der Waals surface area (Å²) in [5.74, 6) is 0.682. The van der Waals surface area contributed by atoms with Crippen LogP contribution < -0.4 is 14.5 Å². The van der Waals surface area contributed by atoms with E-state index in [0.29, 0.717) is 11.5 Å². The smallest absolute Gasteiger partial charge is 0.303 e. The van der Waals surface area contributed by atoms with E-state index in [1.165, 1.54) is 13.8 Å². The monoisotopic (exact) mass is 354 g/mol. The van der Waals surface area contributed by atoms with Crippen molar-refractivity contribution >= 4 is 34.2 Å². The lowest BCUT2D eigenvalue weighted by Crippen LogP contribution is -2.27. The van der Waals surface area contributed by atoms with Crippen LogP contribution in [-0.4, -0.2) is 57.7 Å². The summed E-state index contributed by atoms with van der Waals surface area (Å²) in [7, 11) is 7.85. The highest BCUT2D eigenvalue weighted by Crippen LogP contribution is 2.28. The van der Waals surface area contributed by atoms with Gasteiger partial charge in [-0.05, 0) is 6.07 Å². The average Bonchev–Trinajstić information content (AvgIpc) is 2.49. The Morgan fingerprint density at radius 2 is 1.58 bits per heavy atom. The Morgan fingerprint density at radius 3 is 2.00 bits per heavy atom. The fraction of sp³-hybridized carbons (Fsp3) is 0.529. The van der Waals surface area contributed by atoms with Crippen molar-refractivity contribution in [1.29, 1.82) is 0 Å². The molecule has 0 spiro atoms. The van der Waals surface area contributed by atoms with Crippen LogP contribution in [0.1, 0.15) is 13.8 Å². The molecule has 1 aromatic rings. The Balaban J connectivity index is 2.84. The first-order valence-electron chi connectivity index (χ1n) is 7.62. The van der Waals surface area contributed by atoms with Crippen LogP contribution in [0.5, 0.6) is 5.75 Å². The topological polar surface area (TPSA) is 59.1 Å². The highest BCUT2D eigenvalue weighted by Gasteiger charge is 2.15. The van der Waals surface area contributed by atoms with Gasteiger partial charge >= 0.3 is 5.97 Å². The predicted octanol–water partition coefficient (Wildman–Crippen LogP) is 2.41. The summed E-state index contributed by atoms with van der Waals surface area (Å²) in [5, 5.41) is -0.0170. The molecule has 0 aliphatic carbocycles. The van der Waals surface area contributed by atoms with Gasteiger partial charge in [0, 0.05) is 71.3 Å². The molecule has 1 rings (SSSR count). The maximum Gasteiger partial charge on any atom is 0.303 e. The van der Waals surface area contributed by atoms with E-state index in [2.05, 4.69) is 6.07 Å². The number of benzene rings is 1. The van der Waals surface area contributed by atoms with E-state index in [1.807, 2.05) is 50.1 Å². The molecule has 0 amide bonds. The second-order valence-corrected chi connectivity index (χ2v) is 7.02. The van der Waals surface area contributed by atoms with Gasteiger partial charge in [-0.25, -0.2) is 0 Å². The van der Waals surface area contributed by atoms with Gasteiger partial charge in [0.1, 0.15) is 18.5 Å². The van der Waals surface area contributed by atoms with Crippen molar-refractivity contribution in [2.75, 3.05) is 50.4 Å². The summed E-state index contributed by atoms with van der Waals surface area (Å²) in [5.41, 5.74) is 2.02. The lowest BCUT2D eigenvalue weighted by atomic mass is 10.2. The number of esters is 1. The molecule has 0 N–H and O–H groups in total. The van der Waals surface area contributed by atoms with Crippen molar-refractivity contribution in [1.82, 2.24) is 0 Å². The molecule has 0 bridgehead atoms. The van der Waals surface area contributed by atoms with Crippen LogP contribution in [-0.2, 0) is 14.3 Å². The Bertz CT molecular complexity index is 549. The van der Waals surface area contributed by atoms with E-state index in [1.54, 1.807) is 0 Å². The molecule has 134 valence electrons. The molecular formula is C17H26N2O4S. The molecule has 0 radical (unpaired) electrons. The fourth-order valence-corrected chi connectivity index (χ4v) is 2.50. The molecule has 7 heteroatoms. The van der Waals surface area contributed by atoms with E-state index in [9.17, 15) is 9.59 Å². The Kier molecular flexibility index (Phi) is 7.91. The van der Waals surface area contributed by atoms with Gasteiger partial charge in [-0.1, -0.05) is 11.8 Å². The number of carbonyl (C=O) groups is 2. The van der Waals surface area contributed by atoms with Crippen LogP contribution in [0.2, 0.25) is 0 Å². The second-order valence-electron chi connectivity index (χ2n) is 5.82. The number of thioether (sulfide) groups is 1. The minimum Gasteiger partial charge on any atom is -0.490 e. The van der Waals surface area contributed by atoms with Gasteiger partial charge in [-0.3, -0.25) is 9.59 Å². The van der Waals surface area contributed by atoms with Crippen molar-refractivity contribution < 1.29 is 19.1 Å². The van der Waals surface area contributed by atoms with E-state index in [0.717, 1.165) is 23.1 Å². The fourth-order valence-electron chi connectivity index (χ4n) is 1.92. The molecule has 24 heavy (non-hydrogen) atoms. The molecule has 1 aromatic carbocycles. The largest absolute Gasteiger partial charge is 0.490 e. The van der Waals surface area contributed by atoms with E-state index in [-0.39, 0.29) is 17.7 Å². The van der Waals surface area contributed by atoms with Crippen LogP contribution in [0.3, 0.4) is 0 Å². The van der Waals surface area contributed by atoms with Gasteiger partial charge in [0.05, 0.1) is 0 Å². The molecule has 0 aromatic heterocycles. The van der Waals surface area contributed by atoms with Crippen LogP contribution >= 0.6 is 11.8 Å². The van der Waals surface area contributed by atoms with Gasteiger partial charge in [0.15, 0.2) is 5.12 Å². The van der Waals surface area contributed by atoms with E-state index >= 15 is 0 Å². The summed E-state index contributed by atoms with van der Waals surface area (Å²) in [6.45, 7) is 3.03. The maximum atomic E-state index is 11.2. The molecule has 0 saturated carbocycles. The van der Waals surface area contributed by atoms with Crippen LogP contribution in [0.4, 0.5) is 11.4 Å². The zero-order valence-corrected chi connectivity index (χ0v) is 16.0. The maximum absolute atomic E-state index is 11.2. The summed E-state index contributed by atoms with van der Waals surface area (Å²) in [6, 6.07) is 5.91. The zero-order chi connectivity index (χ0) is 18.3. The quantitative estimate of drug-likeness (QED) is 0.664. The normalized spacial score (nSPS) is 11.6. The lowest BCUT2D eigenvalue weighted by Gasteiger charge is -2.21. The first-order valence-corrected chi connectivity index (χ1v) is 8.60. The SMILES string of the molecule is CC(=O)OC(COc1cc(N(C)C)cc(N(C)C)c1)CSC(C)=O. The van der Waals surface area contributed by atoms with Crippen molar-refractivity contribution in [3.8, 4) is 5.75 Å². The Labute approximate surface area is 148 Å². The average molecular weight is 354 g/mol. The molecular weight excluding hydrogens is 328 g/mol. The van der Waals surface area contributed by atoms with Crippen molar-refractivity contribution in [3.05, 3.63) is 18.2 Å². The Hall–Kier alpha value is -1.89. The first kappa shape index (κ1) is 20.2. The number of hydrogen-bond acceptors (Lipinski definition) is 7.